The normalized spacial score (nSPS) is 11.2. The Morgan fingerprint density at radius 3 is 2.76 bits per heavy atom. The molecule has 0 saturated carbocycles. The van der Waals surface area contributed by atoms with Gasteiger partial charge in [-0.3, -0.25) is 4.99 Å². The van der Waals surface area contributed by atoms with E-state index in [1.807, 2.05) is 30.3 Å². The van der Waals surface area contributed by atoms with E-state index in [4.69, 9.17) is 15.2 Å². The lowest BCUT2D eigenvalue weighted by Gasteiger charge is -2.07. The quantitative estimate of drug-likeness (QED) is 0.414. The van der Waals surface area contributed by atoms with Crippen molar-refractivity contribution in [2.24, 2.45) is 10.7 Å². The Morgan fingerprint density at radius 2 is 2.06 bits per heavy atom. The molecule has 5 nitrogen and oxygen atoms in total. The second kappa shape index (κ2) is 8.41. The molecular formula is C12H19N3O2. The largest absolute Gasteiger partial charge is 0.492 e. The van der Waals surface area contributed by atoms with Crippen molar-refractivity contribution in [3.63, 3.8) is 0 Å². The van der Waals surface area contributed by atoms with E-state index in [9.17, 15) is 0 Å². The first-order chi connectivity index (χ1) is 8.33. The molecule has 0 heterocycles. The van der Waals surface area contributed by atoms with Gasteiger partial charge >= 0.3 is 0 Å². The Balaban J connectivity index is 2.09. The first-order valence-electron chi connectivity index (χ1n) is 5.53. The summed E-state index contributed by atoms with van der Waals surface area (Å²) < 4.78 is 10.3. The van der Waals surface area contributed by atoms with Crippen LogP contribution in [0.15, 0.2) is 35.3 Å². The fourth-order valence-corrected chi connectivity index (χ4v) is 1.18. The first-order valence-corrected chi connectivity index (χ1v) is 5.53. The summed E-state index contributed by atoms with van der Waals surface area (Å²) in [5.41, 5.74) is 5.62. The lowest BCUT2D eigenvalue weighted by atomic mass is 10.3. The molecule has 0 saturated heterocycles. The molecule has 0 atom stereocenters. The number of guanidine groups is 1. The number of benzene rings is 1. The van der Waals surface area contributed by atoms with Crippen molar-refractivity contribution in [3.05, 3.63) is 30.3 Å². The van der Waals surface area contributed by atoms with Gasteiger partial charge in [-0.1, -0.05) is 18.2 Å². The van der Waals surface area contributed by atoms with Crippen LogP contribution in [0, 0.1) is 0 Å². The Kier molecular flexibility index (Phi) is 6.59. The molecule has 5 heteroatoms. The Bertz CT molecular complexity index is 328. The number of hydrogen-bond donors (Lipinski definition) is 2. The average molecular weight is 237 g/mol. The maximum absolute atomic E-state index is 5.62. The number of rotatable bonds is 7. The summed E-state index contributed by atoms with van der Waals surface area (Å²) in [7, 11) is 1.63. The number of nitrogens with one attached hydrogen (secondary N) is 1. The standard InChI is InChI=1S/C12H19N3O2/c1-16-9-7-14-12(13)15-8-10-17-11-5-3-2-4-6-11/h2-6H,7-10H2,1H3,(H3,13,14,15). The maximum Gasteiger partial charge on any atom is 0.188 e. The molecule has 1 aromatic carbocycles. The van der Waals surface area contributed by atoms with Gasteiger partial charge in [-0.2, -0.15) is 0 Å². The third kappa shape index (κ3) is 6.42. The van der Waals surface area contributed by atoms with Crippen molar-refractivity contribution in [1.82, 2.24) is 5.32 Å². The summed E-state index contributed by atoms with van der Waals surface area (Å²) in [5, 5.41) is 2.96. The van der Waals surface area contributed by atoms with Crippen LogP contribution in [-0.2, 0) is 4.74 Å². The highest BCUT2D eigenvalue weighted by molar-refractivity contribution is 5.77. The molecule has 0 aliphatic rings. The van der Waals surface area contributed by atoms with Crippen LogP contribution in [-0.4, -0.2) is 39.4 Å². The molecule has 3 N–H and O–H groups in total. The number of nitrogens with zero attached hydrogens (tertiary/aromatic N) is 1. The number of ether oxygens (including phenoxy) is 2. The molecule has 0 spiro atoms. The Hall–Kier alpha value is -1.75. The maximum atomic E-state index is 5.62. The minimum atomic E-state index is 0.415. The van der Waals surface area contributed by atoms with Crippen LogP contribution in [0.3, 0.4) is 0 Å². The van der Waals surface area contributed by atoms with Crippen LogP contribution in [0.4, 0.5) is 0 Å². The van der Waals surface area contributed by atoms with Crippen LogP contribution < -0.4 is 15.8 Å². The fraction of sp³-hybridized carbons (Fsp3) is 0.417. The van der Waals surface area contributed by atoms with Gasteiger partial charge in [0, 0.05) is 7.11 Å². The molecule has 0 aliphatic heterocycles. The minimum absolute atomic E-state index is 0.415. The predicted octanol–water partition coefficient (Wildman–Crippen LogP) is 0.616. The molecule has 17 heavy (non-hydrogen) atoms. The molecule has 0 amide bonds. The number of aliphatic imine (C=N–C) groups is 1. The van der Waals surface area contributed by atoms with Crippen molar-refractivity contribution in [3.8, 4) is 5.75 Å². The van der Waals surface area contributed by atoms with E-state index in [0.29, 0.717) is 32.3 Å². The summed E-state index contributed by atoms with van der Waals surface area (Å²) in [6, 6.07) is 9.64. The smallest absolute Gasteiger partial charge is 0.188 e. The van der Waals surface area contributed by atoms with Crippen LogP contribution in [0.5, 0.6) is 5.75 Å². The fourth-order valence-electron chi connectivity index (χ4n) is 1.18. The van der Waals surface area contributed by atoms with E-state index in [1.54, 1.807) is 7.11 Å². The highest BCUT2D eigenvalue weighted by Gasteiger charge is 1.93. The minimum Gasteiger partial charge on any atom is -0.492 e. The topological polar surface area (TPSA) is 68.9 Å². The first kappa shape index (κ1) is 13.3. The molecule has 1 rings (SSSR count). The van der Waals surface area contributed by atoms with Crippen molar-refractivity contribution in [2.45, 2.75) is 0 Å². The van der Waals surface area contributed by atoms with Crippen LogP contribution in [0.25, 0.3) is 0 Å². The summed E-state index contributed by atoms with van der Waals surface area (Å²) in [4.78, 5) is 4.06. The van der Waals surface area contributed by atoms with Gasteiger partial charge in [-0.15, -0.1) is 0 Å². The zero-order chi connectivity index (χ0) is 12.3. The van der Waals surface area contributed by atoms with Crippen molar-refractivity contribution in [2.75, 3.05) is 33.4 Å². The molecule has 94 valence electrons. The molecule has 0 radical (unpaired) electrons. The van der Waals surface area contributed by atoms with Crippen LogP contribution >= 0.6 is 0 Å². The highest BCUT2D eigenvalue weighted by atomic mass is 16.5. The van der Waals surface area contributed by atoms with Crippen LogP contribution in [0.1, 0.15) is 0 Å². The van der Waals surface area contributed by atoms with E-state index in [-0.39, 0.29) is 0 Å². The number of hydrogen-bond acceptors (Lipinski definition) is 3. The molecule has 0 aliphatic carbocycles. The monoisotopic (exact) mass is 237 g/mol. The second-order valence-corrected chi connectivity index (χ2v) is 3.35. The van der Waals surface area contributed by atoms with E-state index in [1.165, 1.54) is 0 Å². The zero-order valence-electron chi connectivity index (χ0n) is 10.1. The van der Waals surface area contributed by atoms with Gasteiger partial charge in [0.25, 0.3) is 0 Å². The second-order valence-electron chi connectivity index (χ2n) is 3.35. The highest BCUT2D eigenvalue weighted by Crippen LogP contribution is 2.07. The number of para-hydroxylation sites is 1. The summed E-state index contributed by atoms with van der Waals surface area (Å²) >= 11 is 0. The Morgan fingerprint density at radius 1 is 1.29 bits per heavy atom. The number of nitrogens with two attached hydrogens (primary N) is 1. The summed E-state index contributed by atoms with van der Waals surface area (Å²) in [5.74, 6) is 1.27. The van der Waals surface area contributed by atoms with Gasteiger partial charge < -0.3 is 20.5 Å². The van der Waals surface area contributed by atoms with Crippen LogP contribution in [0.2, 0.25) is 0 Å². The molecular weight excluding hydrogens is 218 g/mol. The molecule has 1 aromatic rings. The van der Waals surface area contributed by atoms with E-state index < -0.39 is 0 Å². The van der Waals surface area contributed by atoms with E-state index in [2.05, 4.69) is 10.3 Å². The van der Waals surface area contributed by atoms with Gasteiger partial charge in [0.15, 0.2) is 5.96 Å². The lowest BCUT2D eigenvalue weighted by Crippen LogP contribution is -2.35. The summed E-state index contributed by atoms with van der Waals surface area (Å²) in [6.07, 6.45) is 0. The van der Waals surface area contributed by atoms with Crippen molar-refractivity contribution >= 4 is 5.96 Å². The molecule has 0 fully saturated rings. The Labute approximate surface area is 102 Å². The van der Waals surface area contributed by atoms with Gasteiger partial charge in [-0.25, -0.2) is 0 Å². The van der Waals surface area contributed by atoms with Gasteiger partial charge in [0.1, 0.15) is 12.4 Å². The third-order valence-electron chi connectivity index (χ3n) is 2.00. The molecule has 0 aromatic heterocycles. The molecule has 0 unspecified atom stereocenters. The SMILES string of the molecule is COCCN=C(N)NCCOc1ccccc1. The zero-order valence-corrected chi connectivity index (χ0v) is 10.1. The average Bonchev–Trinajstić information content (AvgIpc) is 2.36. The lowest BCUT2D eigenvalue weighted by molar-refractivity contribution is 0.208. The predicted molar refractivity (Wildman–Crippen MR) is 68.3 cm³/mol. The van der Waals surface area contributed by atoms with Crippen molar-refractivity contribution in [1.29, 1.82) is 0 Å². The molecule has 0 bridgehead atoms. The van der Waals surface area contributed by atoms with Gasteiger partial charge in [-0.05, 0) is 12.1 Å². The van der Waals surface area contributed by atoms with E-state index in [0.717, 1.165) is 5.75 Å². The van der Waals surface area contributed by atoms with Gasteiger partial charge in [0.05, 0.1) is 19.7 Å². The van der Waals surface area contributed by atoms with Gasteiger partial charge in [0.2, 0.25) is 0 Å². The van der Waals surface area contributed by atoms with Crippen molar-refractivity contribution < 1.29 is 9.47 Å². The summed E-state index contributed by atoms with van der Waals surface area (Å²) in [6.45, 7) is 2.31. The number of methoxy groups -OCH3 is 1. The third-order valence-corrected chi connectivity index (χ3v) is 2.00. The van der Waals surface area contributed by atoms with E-state index >= 15 is 0 Å².